The summed E-state index contributed by atoms with van der Waals surface area (Å²) in [6.45, 7) is 4.71. The standard InChI is InChI=1S/C16H19NO/c1-3-13-7-9-14(10-8-13)11-18-16-6-4-5-15(17)12(16)2/h4-10H,3,11,17H2,1-2H3. The number of aryl methyl sites for hydroxylation is 1. The number of benzene rings is 2. The average molecular weight is 241 g/mol. The average Bonchev–Trinajstić information content (AvgIpc) is 2.41. The molecule has 2 nitrogen and oxygen atoms in total. The first kappa shape index (κ1) is 12.5. The fraction of sp³-hybridized carbons (Fsp3) is 0.250. The van der Waals surface area contributed by atoms with Gasteiger partial charge in [-0.05, 0) is 36.6 Å². The van der Waals surface area contributed by atoms with E-state index in [1.165, 1.54) is 11.1 Å². The summed E-state index contributed by atoms with van der Waals surface area (Å²) in [5.41, 5.74) is 10.1. The molecule has 94 valence electrons. The van der Waals surface area contributed by atoms with E-state index in [-0.39, 0.29) is 0 Å². The second-order valence-electron chi connectivity index (χ2n) is 4.43. The first-order valence-corrected chi connectivity index (χ1v) is 6.26. The predicted molar refractivity (Wildman–Crippen MR) is 75.7 cm³/mol. The van der Waals surface area contributed by atoms with Crippen molar-refractivity contribution in [2.24, 2.45) is 0 Å². The molecule has 2 heteroatoms. The number of anilines is 1. The van der Waals surface area contributed by atoms with Crippen molar-refractivity contribution in [3.63, 3.8) is 0 Å². The zero-order valence-corrected chi connectivity index (χ0v) is 10.9. The molecule has 18 heavy (non-hydrogen) atoms. The Labute approximate surface area is 108 Å². The Morgan fingerprint density at radius 2 is 1.67 bits per heavy atom. The molecule has 0 fully saturated rings. The number of nitrogen functional groups attached to an aromatic ring is 1. The Morgan fingerprint density at radius 3 is 2.33 bits per heavy atom. The van der Waals surface area contributed by atoms with Crippen LogP contribution in [0.2, 0.25) is 0 Å². The number of hydrogen-bond donors (Lipinski definition) is 1. The lowest BCUT2D eigenvalue weighted by Crippen LogP contribution is -1.99. The molecule has 0 aliphatic heterocycles. The van der Waals surface area contributed by atoms with Gasteiger partial charge in [0.15, 0.2) is 0 Å². The Bertz CT molecular complexity index is 517. The molecule has 2 rings (SSSR count). The Balaban J connectivity index is 2.04. The molecule has 0 atom stereocenters. The molecule has 2 aromatic carbocycles. The van der Waals surface area contributed by atoms with Gasteiger partial charge in [-0.3, -0.25) is 0 Å². The van der Waals surface area contributed by atoms with Crippen molar-refractivity contribution in [1.29, 1.82) is 0 Å². The van der Waals surface area contributed by atoms with Gasteiger partial charge in [0.2, 0.25) is 0 Å². The van der Waals surface area contributed by atoms with E-state index in [0.29, 0.717) is 6.61 Å². The Hall–Kier alpha value is -1.96. The molecule has 0 unspecified atom stereocenters. The SMILES string of the molecule is CCc1ccc(COc2cccc(N)c2C)cc1. The zero-order valence-electron chi connectivity index (χ0n) is 10.9. The van der Waals surface area contributed by atoms with Crippen molar-refractivity contribution >= 4 is 5.69 Å². The van der Waals surface area contributed by atoms with Crippen LogP contribution in [-0.4, -0.2) is 0 Å². The van der Waals surface area contributed by atoms with Crippen LogP contribution < -0.4 is 10.5 Å². The van der Waals surface area contributed by atoms with Gasteiger partial charge in [-0.15, -0.1) is 0 Å². The first-order valence-electron chi connectivity index (χ1n) is 6.26. The van der Waals surface area contributed by atoms with Gasteiger partial charge in [-0.2, -0.15) is 0 Å². The molecule has 0 saturated carbocycles. The van der Waals surface area contributed by atoms with Crippen molar-refractivity contribution in [3.05, 3.63) is 59.2 Å². The molecule has 0 saturated heterocycles. The van der Waals surface area contributed by atoms with Crippen LogP contribution in [0.5, 0.6) is 5.75 Å². The highest BCUT2D eigenvalue weighted by Gasteiger charge is 2.02. The highest BCUT2D eigenvalue weighted by molar-refractivity contribution is 5.53. The van der Waals surface area contributed by atoms with E-state index in [0.717, 1.165) is 23.4 Å². The molecule has 2 aromatic rings. The number of nitrogens with two attached hydrogens (primary N) is 1. The number of rotatable bonds is 4. The van der Waals surface area contributed by atoms with Crippen LogP contribution in [-0.2, 0) is 13.0 Å². The Kier molecular flexibility index (Phi) is 3.88. The molecule has 0 amide bonds. The molecule has 0 radical (unpaired) electrons. The first-order chi connectivity index (χ1) is 8.70. The summed E-state index contributed by atoms with van der Waals surface area (Å²) in [4.78, 5) is 0. The minimum absolute atomic E-state index is 0.578. The molecular weight excluding hydrogens is 222 g/mol. The maximum absolute atomic E-state index is 5.85. The van der Waals surface area contributed by atoms with Gasteiger partial charge < -0.3 is 10.5 Å². The van der Waals surface area contributed by atoms with Gasteiger partial charge in [0.25, 0.3) is 0 Å². The van der Waals surface area contributed by atoms with E-state index in [1.807, 2.05) is 25.1 Å². The third-order valence-electron chi connectivity index (χ3n) is 3.15. The second-order valence-corrected chi connectivity index (χ2v) is 4.43. The molecule has 0 bridgehead atoms. The largest absolute Gasteiger partial charge is 0.489 e. The summed E-state index contributed by atoms with van der Waals surface area (Å²) in [5, 5.41) is 0. The van der Waals surface area contributed by atoms with E-state index < -0.39 is 0 Å². The van der Waals surface area contributed by atoms with Crippen LogP contribution in [0, 0.1) is 6.92 Å². The van der Waals surface area contributed by atoms with E-state index in [2.05, 4.69) is 31.2 Å². The fourth-order valence-corrected chi connectivity index (χ4v) is 1.82. The van der Waals surface area contributed by atoms with Crippen molar-refractivity contribution in [2.75, 3.05) is 5.73 Å². The topological polar surface area (TPSA) is 35.2 Å². The van der Waals surface area contributed by atoms with Crippen LogP contribution in [0.1, 0.15) is 23.6 Å². The summed E-state index contributed by atoms with van der Waals surface area (Å²) in [6.07, 6.45) is 1.06. The maximum atomic E-state index is 5.85. The minimum Gasteiger partial charge on any atom is -0.489 e. The summed E-state index contributed by atoms with van der Waals surface area (Å²) in [6, 6.07) is 14.3. The number of hydrogen-bond acceptors (Lipinski definition) is 2. The maximum Gasteiger partial charge on any atom is 0.124 e. The lowest BCUT2D eigenvalue weighted by atomic mass is 10.1. The zero-order chi connectivity index (χ0) is 13.0. The van der Waals surface area contributed by atoms with Crippen LogP contribution in [0.15, 0.2) is 42.5 Å². The van der Waals surface area contributed by atoms with Crippen LogP contribution >= 0.6 is 0 Å². The van der Waals surface area contributed by atoms with Crippen molar-refractivity contribution < 1.29 is 4.74 Å². The van der Waals surface area contributed by atoms with Crippen LogP contribution in [0.3, 0.4) is 0 Å². The monoisotopic (exact) mass is 241 g/mol. The molecule has 0 heterocycles. The summed E-state index contributed by atoms with van der Waals surface area (Å²) in [5.74, 6) is 0.856. The third-order valence-corrected chi connectivity index (χ3v) is 3.15. The van der Waals surface area contributed by atoms with E-state index >= 15 is 0 Å². The smallest absolute Gasteiger partial charge is 0.124 e. The van der Waals surface area contributed by atoms with Gasteiger partial charge in [-0.25, -0.2) is 0 Å². The van der Waals surface area contributed by atoms with Crippen molar-refractivity contribution in [3.8, 4) is 5.75 Å². The summed E-state index contributed by atoms with van der Waals surface area (Å²) in [7, 11) is 0. The van der Waals surface area contributed by atoms with Gasteiger partial charge in [0, 0.05) is 11.3 Å². The van der Waals surface area contributed by atoms with Gasteiger partial charge in [-0.1, -0.05) is 37.3 Å². The third kappa shape index (κ3) is 2.83. The normalized spacial score (nSPS) is 10.3. The van der Waals surface area contributed by atoms with Gasteiger partial charge in [0.1, 0.15) is 12.4 Å². The Morgan fingerprint density at radius 1 is 1.00 bits per heavy atom. The summed E-state index contributed by atoms with van der Waals surface area (Å²) >= 11 is 0. The van der Waals surface area contributed by atoms with Crippen molar-refractivity contribution in [2.45, 2.75) is 26.9 Å². The molecule has 0 aliphatic carbocycles. The minimum atomic E-state index is 0.578. The molecule has 0 aliphatic rings. The number of ether oxygens (including phenoxy) is 1. The van der Waals surface area contributed by atoms with E-state index in [9.17, 15) is 0 Å². The predicted octanol–water partition coefficient (Wildman–Crippen LogP) is 3.72. The molecule has 0 spiro atoms. The lowest BCUT2D eigenvalue weighted by Gasteiger charge is -2.11. The van der Waals surface area contributed by atoms with Crippen molar-refractivity contribution in [1.82, 2.24) is 0 Å². The second kappa shape index (κ2) is 5.58. The van der Waals surface area contributed by atoms with Gasteiger partial charge in [0.05, 0.1) is 0 Å². The highest BCUT2D eigenvalue weighted by Crippen LogP contribution is 2.23. The fourth-order valence-electron chi connectivity index (χ4n) is 1.82. The van der Waals surface area contributed by atoms with E-state index in [4.69, 9.17) is 10.5 Å². The summed E-state index contributed by atoms with van der Waals surface area (Å²) < 4.78 is 5.80. The molecular formula is C16H19NO. The van der Waals surface area contributed by atoms with Gasteiger partial charge >= 0.3 is 0 Å². The quantitative estimate of drug-likeness (QED) is 0.828. The molecule has 0 aromatic heterocycles. The molecule has 2 N–H and O–H groups in total. The van der Waals surface area contributed by atoms with Crippen LogP contribution in [0.25, 0.3) is 0 Å². The lowest BCUT2D eigenvalue weighted by molar-refractivity contribution is 0.304. The van der Waals surface area contributed by atoms with E-state index in [1.54, 1.807) is 0 Å². The highest BCUT2D eigenvalue weighted by atomic mass is 16.5. The van der Waals surface area contributed by atoms with Crippen LogP contribution in [0.4, 0.5) is 5.69 Å².